The van der Waals surface area contributed by atoms with E-state index in [0.717, 1.165) is 5.56 Å². The van der Waals surface area contributed by atoms with Crippen molar-refractivity contribution < 1.29 is 4.79 Å². The SMILES string of the molecule is Cc1cc(Cl)c(NC(=O)c2ccc(Cl)nc2)cc1Cl. The second kappa shape index (κ2) is 5.78. The van der Waals surface area contributed by atoms with E-state index in [1.807, 2.05) is 6.92 Å². The van der Waals surface area contributed by atoms with Gasteiger partial charge in [-0.2, -0.15) is 0 Å². The first-order valence-corrected chi connectivity index (χ1v) is 6.49. The van der Waals surface area contributed by atoms with Gasteiger partial charge in [-0.05, 0) is 36.8 Å². The molecule has 0 spiro atoms. The molecule has 1 N–H and O–H groups in total. The highest BCUT2D eigenvalue weighted by Gasteiger charge is 2.10. The van der Waals surface area contributed by atoms with Crippen molar-refractivity contribution in [3.63, 3.8) is 0 Å². The Bertz CT molecular complexity index is 627. The van der Waals surface area contributed by atoms with Gasteiger partial charge in [0.1, 0.15) is 5.15 Å². The van der Waals surface area contributed by atoms with Gasteiger partial charge in [-0.3, -0.25) is 4.79 Å². The predicted octanol–water partition coefficient (Wildman–Crippen LogP) is 4.60. The number of amides is 1. The van der Waals surface area contributed by atoms with Crippen LogP contribution < -0.4 is 5.32 Å². The average molecular weight is 316 g/mol. The molecule has 6 heteroatoms. The van der Waals surface area contributed by atoms with Gasteiger partial charge in [0.05, 0.1) is 16.3 Å². The fourth-order valence-electron chi connectivity index (χ4n) is 1.45. The zero-order chi connectivity index (χ0) is 14.0. The van der Waals surface area contributed by atoms with Gasteiger partial charge in [0, 0.05) is 11.2 Å². The molecular weight excluding hydrogens is 307 g/mol. The predicted molar refractivity (Wildman–Crippen MR) is 78.4 cm³/mol. The highest BCUT2D eigenvalue weighted by atomic mass is 35.5. The van der Waals surface area contributed by atoms with Crippen molar-refractivity contribution in [1.82, 2.24) is 4.98 Å². The van der Waals surface area contributed by atoms with Crippen molar-refractivity contribution in [2.45, 2.75) is 6.92 Å². The summed E-state index contributed by atoms with van der Waals surface area (Å²) in [6.07, 6.45) is 1.39. The molecule has 2 aromatic rings. The number of aryl methyl sites for hydroxylation is 1. The molecule has 1 aromatic heterocycles. The first-order valence-electron chi connectivity index (χ1n) is 5.36. The van der Waals surface area contributed by atoms with Gasteiger partial charge in [-0.25, -0.2) is 4.98 Å². The number of nitrogens with zero attached hydrogens (tertiary/aromatic N) is 1. The standard InChI is InChI=1S/C13H9Cl3N2O/c1-7-4-10(15)11(5-9(7)14)18-13(19)8-2-3-12(16)17-6-8/h2-6H,1H3,(H,18,19). The van der Waals surface area contributed by atoms with Crippen molar-refractivity contribution in [1.29, 1.82) is 0 Å². The lowest BCUT2D eigenvalue weighted by Gasteiger charge is -2.09. The van der Waals surface area contributed by atoms with Gasteiger partial charge in [0.25, 0.3) is 5.91 Å². The minimum atomic E-state index is -0.328. The summed E-state index contributed by atoms with van der Waals surface area (Å²) in [5.74, 6) is -0.328. The van der Waals surface area contributed by atoms with E-state index in [1.54, 1.807) is 24.3 Å². The lowest BCUT2D eigenvalue weighted by atomic mass is 10.2. The normalized spacial score (nSPS) is 10.3. The van der Waals surface area contributed by atoms with E-state index in [1.165, 1.54) is 6.20 Å². The van der Waals surface area contributed by atoms with Crippen LogP contribution in [0.15, 0.2) is 30.5 Å². The maximum Gasteiger partial charge on any atom is 0.257 e. The van der Waals surface area contributed by atoms with Crippen LogP contribution in [0.2, 0.25) is 15.2 Å². The van der Waals surface area contributed by atoms with E-state index in [2.05, 4.69) is 10.3 Å². The van der Waals surface area contributed by atoms with Crippen LogP contribution in [-0.4, -0.2) is 10.9 Å². The zero-order valence-corrected chi connectivity index (χ0v) is 12.1. The Kier molecular flexibility index (Phi) is 4.30. The summed E-state index contributed by atoms with van der Waals surface area (Å²) in [5, 5.41) is 3.97. The van der Waals surface area contributed by atoms with E-state index >= 15 is 0 Å². The van der Waals surface area contributed by atoms with Crippen molar-refractivity contribution >= 4 is 46.4 Å². The Morgan fingerprint density at radius 1 is 1.16 bits per heavy atom. The summed E-state index contributed by atoms with van der Waals surface area (Å²) in [6, 6.07) is 6.43. The van der Waals surface area contributed by atoms with Crippen LogP contribution in [0.3, 0.4) is 0 Å². The highest BCUT2D eigenvalue weighted by molar-refractivity contribution is 6.36. The monoisotopic (exact) mass is 314 g/mol. The Morgan fingerprint density at radius 3 is 2.53 bits per heavy atom. The Labute approximate surface area is 125 Å². The number of aromatic nitrogens is 1. The largest absolute Gasteiger partial charge is 0.321 e. The van der Waals surface area contributed by atoms with Gasteiger partial charge in [0.15, 0.2) is 0 Å². The van der Waals surface area contributed by atoms with E-state index in [0.29, 0.717) is 26.4 Å². The summed E-state index contributed by atoms with van der Waals surface area (Å²) in [7, 11) is 0. The molecular formula is C13H9Cl3N2O. The molecule has 0 aliphatic rings. The van der Waals surface area contributed by atoms with Crippen molar-refractivity contribution in [2.75, 3.05) is 5.32 Å². The molecule has 0 saturated heterocycles. The topological polar surface area (TPSA) is 42.0 Å². The maximum atomic E-state index is 12.0. The second-order valence-electron chi connectivity index (χ2n) is 3.90. The third-order valence-corrected chi connectivity index (χ3v) is 3.43. The third-order valence-electron chi connectivity index (χ3n) is 2.49. The van der Waals surface area contributed by atoms with Crippen LogP contribution in [0.1, 0.15) is 15.9 Å². The molecule has 0 aliphatic heterocycles. The third kappa shape index (κ3) is 3.38. The number of carbonyl (C=O) groups excluding carboxylic acids is 1. The number of anilines is 1. The van der Waals surface area contributed by atoms with E-state index in [-0.39, 0.29) is 5.91 Å². The quantitative estimate of drug-likeness (QED) is 0.823. The molecule has 98 valence electrons. The molecule has 3 nitrogen and oxygen atoms in total. The smallest absolute Gasteiger partial charge is 0.257 e. The van der Waals surface area contributed by atoms with Crippen LogP contribution in [0.4, 0.5) is 5.69 Å². The van der Waals surface area contributed by atoms with Crippen LogP contribution in [0.5, 0.6) is 0 Å². The molecule has 1 heterocycles. The minimum Gasteiger partial charge on any atom is -0.321 e. The molecule has 0 bridgehead atoms. The number of halogens is 3. The van der Waals surface area contributed by atoms with Gasteiger partial charge in [0.2, 0.25) is 0 Å². The summed E-state index contributed by atoms with van der Waals surface area (Å²) in [6.45, 7) is 1.84. The van der Waals surface area contributed by atoms with Crippen molar-refractivity contribution in [3.8, 4) is 0 Å². The Hall–Kier alpha value is -1.29. The Morgan fingerprint density at radius 2 is 1.89 bits per heavy atom. The van der Waals surface area contributed by atoms with Crippen molar-refractivity contribution in [3.05, 3.63) is 56.8 Å². The number of benzene rings is 1. The molecule has 1 aromatic carbocycles. The summed E-state index contributed by atoms with van der Waals surface area (Å²) in [4.78, 5) is 15.8. The van der Waals surface area contributed by atoms with Crippen molar-refractivity contribution in [2.24, 2.45) is 0 Å². The minimum absolute atomic E-state index is 0.327. The lowest BCUT2D eigenvalue weighted by molar-refractivity contribution is 0.102. The van der Waals surface area contributed by atoms with E-state index < -0.39 is 0 Å². The zero-order valence-electron chi connectivity index (χ0n) is 9.88. The summed E-state index contributed by atoms with van der Waals surface area (Å²) >= 11 is 17.7. The van der Waals surface area contributed by atoms with E-state index in [4.69, 9.17) is 34.8 Å². The van der Waals surface area contributed by atoms with Crippen LogP contribution in [0, 0.1) is 6.92 Å². The molecule has 0 fully saturated rings. The number of pyridine rings is 1. The summed E-state index contributed by atoms with van der Waals surface area (Å²) in [5.41, 5.74) is 1.69. The second-order valence-corrected chi connectivity index (χ2v) is 5.11. The van der Waals surface area contributed by atoms with Gasteiger partial charge in [-0.15, -0.1) is 0 Å². The van der Waals surface area contributed by atoms with E-state index in [9.17, 15) is 4.79 Å². The summed E-state index contributed by atoms with van der Waals surface area (Å²) < 4.78 is 0. The van der Waals surface area contributed by atoms with Crippen LogP contribution >= 0.6 is 34.8 Å². The molecule has 1 amide bonds. The van der Waals surface area contributed by atoms with Crippen LogP contribution in [-0.2, 0) is 0 Å². The molecule has 0 atom stereocenters. The number of rotatable bonds is 2. The Balaban J connectivity index is 2.24. The number of carbonyl (C=O) groups is 1. The highest BCUT2D eigenvalue weighted by Crippen LogP contribution is 2.29. The lowest BCUT2D eigenvalue weighted by Crippen LogP contribution is -2.12. The number of hydrogen-bond acceptors (Lipinski definition) is 2. The fraction of sp³-hybridized carbons (Fsp3) is 0.0769. The molecule has 2 rings (SSSR count). The van der Waals surface area contributed by atoms with Crippen LogP contribution in [0.25, 0.3) is 0 Å². The van der Waals surface area contributed by atoms with Gasteiger partial charge < -0.3 is 5.32 Å². The average Bonchev–Trinajstić information content (AvgIpc) is 2.36. The maximum absolute atomic E-state index is 12.0. The van der Waals surface area contributed by atoms with Gasteiger partial charge in [-0.1, -0.05) is 34.8 Å². The fourth-order valence-corrected chi connectivity index (χ4v) is 1.99. The molecule has 0 aliphatic carbocycles. The number of hydrogen-bond donors (Lipinski definition) is 1. The first-order chi connectivity index (χ1) is 8.97. The van der Waals surface area contributed by atoms with Gasteiger partial charge >= 0.3 is 0 Å². The molecule has 0 unspecified atom stereocenters. The number of nitrogens with one attached hydrogen (secondary N) is 1. The molecule has 0 saturated carbocycles. The molecule has 0 radical (unpaired) electrons. The molecule has 19 heavy (non-hydrogen) atoms. The first kappa shape index (κ1) is 14.1.